The van der Waals surface area contributed by atoms with Gasteiger partial charge in [0.25, 0.3) is 0 Å². The number of likely N-dealkylation sites (N-methyl/N-ethyl adjacent to an activating group) is 1. The van der Waals surface area contributed by atoms with Crippen LogP contribution in [0.4, 0.5) is 0 Å². The Labute approximate surface area is 98.6 Å². The summed E-state index contributed by atoms with van der Waals surface area (Å²) in [6, 6.07) is 0.361. The van der Waals surface area contributed by atoms with Gasteiger partial charge in [-0.15, -0.1) is 0 Å². The van der Waals surface area contributed by atoms with Gasteiger partial charge < -0.3 is 16.0 Å². The normalized spacial score (nSPS) is 21.1. The van der Waals surface area contributed by atoms with Crippen LogP contribution >= 0.6 is 0 Å². The van der Waals surface area contributed by atoms with Crippen LogP contribution < -0.4 is 11.1 Å². The summed E-state index contributed by atoms with van der Waals surface area (Å²) in [6.45, 7) is 3.28. The molecule has 0 radical (unpaired) electrons. The zero-order valence-corrected chi connectivity index (χ0v) is 10.8. The minimum absolute atomic E-state index is 0.154. The maximum atomic E-state index is 12.1. The molecule has 94 valence electrons. The van der Waals surface area contributed by atoms with E-state index in [4.69, 9.17) is 5.73 Å². The second kappa shape index (κ2) is 5.64. The van der Waals surface area contributed by atoms with Gasteiger partial charge in [-0.3, -0.25) is 4.79 Å². The third-order valence-corrected chi connectivity index (χ3v) is 3.87. The summed E-state index contributed by atoms with van der Waals surface area (Å²) in [5, 5.41) is 3.04. The van der Waals surface area contributed by atoms with Gasteiger partial charge in [-0.05, 0) is 33.9 Å². The first-order valence-electron chi connectivity index (χ1n) is 6.16. The zero-order valence-electron chi connectivity index (χ0n) is 10.8. The van der Waals surface area contributed by atoms with Crippen molar-refractivity contribution in [2.24, 2.45) is 11.1 Å². The summed E-state index contributed by atoms with van der Waals surface area (Å²) in [4.78, 5) is 14.2. The molecule has 16 heavy (non-hydrogen) atoms. The number of nitrogens with two attached hydrogens (primary N) is 1. The van der Waals surface area contributed by atoms with Gasteiger partial charge in [0.1, 0.15) is 0 Å². The number of hydrogen-bond donors (Lipinski definition) is 2. The molecule has 0 heterocycles. The van der Waals surface area contributed by atoms with Crippen molar-refractivity contribution in [2.45, 2.75) is 38.6 Å². The van der Waals surface area contributed by atoms with Crippen LogP contribution in [0.2, 0.25) is 0 Å². The molecule has 0 saturated heterocycles. The second-order valence-corrected chi connectivity index (χ2v) is 5.21. The van der Waals surface area contributed by atoms with Crippen molar-refractivity contribution < 1.29 is 4.79 Å². The predicted molar refractivity (Wildman–Crippen MR) is 66.1 cm³/mol. The SMILES string of the molecule is CC(CNC(=O)C1(CN)CCCC1)N(C)C. The van der Waals surface area contributed by atoms with Gasteiger partial charge in [-0.2, -0.15) is 0 Å². The van der Waals surface area contributed by atoms with Gasteiger partial charge in [0.15, 0.2) is 0 Å². The zero-order chi connectivity index (χ0) is 12.2. The molecule has 1 aliphatic carbocycles. The smallest absolute Gasteiger partial charge is 0.227 e. The Hall–Kier alpha value is -0.610. The van der Waals surface area contributed by atoms with Crippen molar-refractivity contribution >= 4 is 5.91 Å². The van der Waals surface area contributed by atoms with Gasteiger partial charge in [0.2, 0.25) is 5.91 Å². The quantitative estimate of drug-likeness (QED) is 0.722. The molecule has 1 fully saturated rings. The molecule has 1 unspecified atom stereocenters. The Morgan fingerprint density at radius 1 is 1.44 bits per heavy atom. The van der Waals surface area contributed by atoms with Crippen molar-refractivity contribution in [3.8, 4) is 0 Å². The summed E-state index contributed by atoms with van der Waals surface area (Å²) in [7, 11) is 4.04. The van der Waals surface area contributed by atoms with E-state index in [0.29, 0.717) is 19.1 Å². The van der Waals surface area contributed by atoms with Crippen LogP contribution in [-0.4, -0.2) is 44.0 Å². The first-order valence-corrected chi connectivity index (χ1v) is 6.16. The minimum atomic E-state index is -0.272. The fraction of sp³-hybridized carbons (Fsp3) is 0.917. The van der Waals surface area contributed by atoms with Crippen molar-refractivity contribution in [2.75, 3.05) is 27.2 Å². The molecule has 0 aromatic rings. The number of carbonyl (C=O) groups is 1. The first kappa shape index (κ1) is 13.5. The lowest BCUT2D eigenvalue weighted by Crippen LogP contribution is -2.47. The van der Waals surface area contributed by atoms with E-state index < -0.39 is 0 Å². The van der Waals surface area contributed by atoms with Gasteiger partial charge >= 0.3 is 0 Å². The fourth-order valence-electron chi connectivity index (χ4n) is 2.19. The average molecular weight is 227 g/mol. The Bertz CT molecular complexity index is 234. The number of carbonyl (C=O) groups excluding carboxylic acids is 1. The third kappa shape index (κ3) is 2.95. The lowest BCUT2D eigenvalue weighted by molar-refractivity contribution is -0.130. The highest BCUT2D eigenvalue weighted by molar-refractivity contribution is 5.83. The molecule has 1 amide bonds. The molecular formula is C12H25N3O. The lowest BCUT2D eigenvalue weighted by Gasteiger charge is -2.28. The molecule has 1 aliphatic rings. The van der Waals surface area contributed by atoms with Gasteiger partial charge in [-0.25, -0.2) is 0 Å². The predicted octanol–water partition coefficient (Wildman–Crippen LogP) is 0.572. The Morgan fingerprint density at radius 3 is 2.44 bits per heavy atom. The average Bonchev–Trinajstić information content (AvgIpc) is 2.74. The van der Waals surface area contributed by atoms with E-state index >= 15 is 0 Å². The highest BCUT2D eigenvalue weighted by atomic mass is 16.2. The van der Waals surface area contributed by atoms with E-state index in [2.05, 4.69) is 17.1 Å². The highest BCUT2D eigenvalue weighted by Gasteiger charge is 2.39. The van der Waals surface area contributed by atoms with Crippen LogP contribution in [-0.2, 0) is 4.79 Å². The number of nitrogens with one attached hydrogen (secondary N) is 1. The molecule has 0 aromatic heterocycles. The van der Waals surface area contributed by atoms with Gasteiger partial charge in [0.05, 0.1) is 5.41 Å². The molecule has 1 rings (SSSR count). The minimum Gasteiger partial charge on any atom is -0.354 e. The van der Waals surface area contributed by atoms with E-state index in [-0.39, 0.29) is 11.3 Å². The molecule has 0 aromatic carbocycles. The Kier molecular flexibility index (Phi) is 4.74. The van der Waals surface area contributed by atoms with Crippen molar-refractivity contribution in [1.82, 2.24) is 10.2 Å². The molecule has 0 spiro atoms. The van der Waals surface area contributed by atoms with Crippen LogP contribution in [0.3, 0.4) is 0 Å². The molecule has 1 atom stereocenters. The summed E-state index contributed by atoms with van der Waals surface area (Å²) >= 11 is 0. The lowest BCUT2D eigenvalue weighted by atomic mass is 9.85. The molecule has 0 aliphatic heterocycles. The van der Waals surface area contributed by atoms with Crippen LogP contribution in [0.25, 0.3) is 0 Å². The van der Waals surface area contributed by atoms with Crippen LogP contribution in [0, 0.1) is 5.41 Å². The highest BCUT2D eigenvalue weighted by Crippen LogP contribution is 2.37. The maximum absolute atomic E-state index is 12.1. The van der Waals surface area contributed by atoms with E-state index in [0.717, 1.165) is 25.7 Å². The molecule has 1 saturated carbocycles. The second-order valence-electron chi connectivity index (χ2n) is 5.21. The standard InChI is InChI=1S/C12H25N3O/c1-10(15(2)3)8-14-11(16)12(9-13)6-4-5-7-12/h10H,4-9,13H2,1-3H3,(H,14,16). The van der Waals surface area contributed by atoms with E-state index in [1.165, 1.54) is 0 Å². The van der Waals surface area contributed by atoms with Crippen molar-refractivity contribution in [3.05, 3.63) is 0 Å². The number of rotatable bonds is 5. The third-order valence-electron chi connectivity index (χ3n) is 3.87. The number of hydrogen-bond acceptors (Lipinski definition) is 3. The van der Waals surface area contributed by atoms with Gasteiger partial charge in [-0.1, -0.05) is 12.8 Å². The van der Waals surface area contributed by atoms with E-state index in [1.807, 2.05) is 14.1 Å². The topological polar surface area (TPSA) is 58.4 Å². The molecule has 4 nitrogen and oxygen atoms in total. The molecule has 3 N–H and O–H groups in total. The summed E-state index contributed by atoms with van der Waals surface area (Å²) < 4.78 is 0. The van der Waals surface area contributed by atoms with Gasteiger partial charge in [0, 0.05) is 19.1 Å². The maximum Gasteiger partial charge on any atom is 0.227 e. The first-order chi connectivity index (χ1) is 7.52. The van der Waals surface area contributed by atoms with Crippen LogP contribution in [0.15, 0.2) is 0 Å². The largest absolute Gasteiger partial charge is 0.354 e. The summed E-state index contributed by atoms with van der Waals surface area (Å²) in [5.41, 5.74) is 5.49. The Morgan fingerprint density at radius 2 is 2.00 bits per heavy atom. The fourth-order valence-corrected chi connectivity index (χ4v) is 2.19. The van der Waals surface area contributed by atoms with Crippen molar-refractivity contribution in [1.29, 1.82) is 0 Å². The van der Waals surface area contributed by atoms with E-state index in [1.54, 1.807) is 0 Å². The molecule has 0 bridgehead atoms. The summed E-state index contributed by atoms with van der Waals surface area (Å²) in [6.07, 6.45) is 4.17. The molecular weight excluding hydrogens is 202 g/mol. The molecule has 4 heteroatoms. The number of amides is 1. The summed E-state index contributed by atoms with van der Waals surface area (Å²) in [5.74, 6) is 0.154. The number of nitrogens with zero attached hydrogens (tertiary/aromatic N) is 1. The Balaban J connectivity index is 2.45. The van der Waals surface area contributed by atoms with Crippen LogP contribution in [0.1, 0.15) is 32.6 Å². The van der Waals surface area contributed by atoms with Crippen LogP contribution in [0.5, 0.6) is 0 Å². The van der Waals surface area contributed by atoms with E-state index in [9.17, 15) is 4.79 Å². The monoisotopic (exact) mass is 227 g/mol. The van der Waals surface area contributed by atoms with Crippen molar-refractivity contribution in [3.63, 3.8) is 0 Å².